The highest BCUT2D eigenvalue weighted by Gasteiger charge is 2.14. The molecule has 1 fully saturated rings. The van der Waals surface area contributed by atoms with Crippen molar-refractivity contribution >= 4 is 11.8 Å². The van der Waals surface area contributed by atoms with E-state index in [2.05, 4.69) is 10.2 Å². The zero-order chi connectivity index (χ0) is 14.4. The molecule has 3 N–H and O–H groups in total. The lowest BCUT2D eigenvalue weighted by Crippen LogP contribution is -2.47. The third-order valence-corrected chi connectivity index (χ3v) is 3.14. The first kappa shape index (κ1) is 14.3. The molecule has 1 aliphatic rings. The summed E-state index contributed by atoms with van der Waals surface area (Å²) in [5.74, 6) is 0.352. The molecule has 1 saturated heterocycles. The fraction of sp³-hybridized carbons (Fsp3) is 0.429. The molecule has 0 bridgehead atoms. The van der Waals surface area contributed by atoms with E-state index in [4.69, 9.17) is 10.5 Å². The van der Waals surface area contributed by atoms with Gasteiger partial charge in [0.1, 0.15) is 5.75 Å². The van der Waals surface area contributed by atoms with E-state index in [0.29, 0.717) is 31.0 Å². The first-order valence-electron chi connectivity index (χ1n) is 6.67. The molecule has 20 heavy (non-hydrogen) atoms. The summed E-state index contributed by atoms with van der Waals surface area (Å²) in [5, 5.41) is 2.79. The second-order valence-electron chi connectivity index (χ2n) is 4.72. The molecule has 0 unspecified atom stereocenters. The van der Waals surface area contributed by atoms with E-state index in [1.54, 1.807) is 24.3 Å². The molecule has 2 amide bonds. The Morgan fingerprint density at radius 2 is 2.10 bits per heavy atom. The Morgan fingerprint density at radius 1 is 1.35 bits per heavy atom. The van der Waals surface area contributed by atoms with E-state index in [1.165, 1.54) is 0 Å². The number of nitrogens with one attached hydrogen (secondary N) is 1. The van der Waals surface area contributed by atoms with Gasteiger partial charge < -0.3 is 15.8 Å². The Bertz CT molecular complexity index is 473. The summed E-state index contributed by atoms with van der Waals surface area (Å²) in [5.41, 5.74) is 5.63. The lowest BCUT2D eigenvalue weighted by atomic mass is 10.2. The van der Waals surface area contributed by atoms with Gasteiger partial charge in [-0.15, -0.1) is 0 Å². The number of rotatable bonds is 6. The van der Waals surface area contributed by atoms with Crippen molar-refractivity contribution in [2.75, 3.05) is 32.8 Å². The van der Waals surface area contributed by atoms with E-state index in [1.807, 2.05) is 0 Å². The fourth-order valence-electron chi connectivity index (χ4n) is 2.08. The molecular formula is C14H19N3O3. The highest BCUT2D eigenvalue weighted by Crippen LogP contribution is 2.12. The number of benzene rings is 1. The van der Waals surface area contributed by atoms with Crippen molar-refractivity contribution in [3.8, 4) is 5.75 Å². The second kappa shape index (κ2) is 6.91. The normalized spacial score (nSPS) is 15.7. The van der Waals surface area contributed by atoms with Crippen molar-refractivity contribution in [1.29, 1.82) is 0 Å². The van der Waals surface area contributed by atoms with Crippen LogP contribution in [0.25, 0.3) is 0 Å². The maximum atomic E-state index is 11.2. The zero-order valence-electron chi connectivity index (χ0n) is 11.3. The van der Waals surface area contributed by atoms with Gasteiger partial charge in [0.05, 0.1) is 13.2 Å². The third-order valence-electron chi connectivity index (χ3n) is 3.14. The van der Waals surface area contributed by atoms with Crippen molar-refractivity contribution in [3.63, 3.8) is 0 Å². The van der Waals surface area contributed by atoms with Crippen LogP contribution in [0.1, 0.15) is 16.8 Å². The molecule has 0 radical (unpaired) electrons. The first-order chi connectivity index (χ1) is 9.65. The summed E-state index contributed by atoms with van der Waals surface area (Å²) in [7, 11) is 0. The monoisotopic (exact) mass is 277 g/mol. The Morgan fingerprint density at radius 3 is 2.75 bits per heavy atom. The van der Waals surface area contributed by atoms with Crippen LogP contribution in [0.15, 0.2) is 24.3 Å². The maximum Gasteiger partial charge on any atom is 0.248 e. The zero-order valence-corrected chi connectivity index (χ0v) is 11.3. The number of piperazine rings is 1. The molecule has 108 valence electrons. The largest absolute Gasteiger partial charge is 0.494 e. The van der Waals surface area contributed by atoms with Gasteiger partial charge in [-0.05, 0) is 30.7 Å². The predicted octanol–water partition coefficient (Wildman–Crippen LogP) is -0.0138. The molecule has 1 aliphatic heterocycles. The minimum Gasteiger partial charge on any atom is -0.494 e. The smallest absolute Gasteiger partial charge is 0.248 e. The van der Waals surface area contributed by atoms with Gasteiger partial charge in [0.15, 0.2) is 0 Å². The van der Waals surface area contributed by atoms with Crippen molar-refractivity contribution in [1.82, 2.24) is 10.2 Å². The maximum absolute atomic E-state index is 11.2. The fourth-order valence-corrected chi connectivity index (χ4v) is 2.08. The number of primary amides is 1. The van der Waals surface area contributed by atoms with Crippen LogP contribution in [-0.2, 0) is 4.79 Å². The van der Waals surface area contributed by atoms with Gasteiger partial charge in [0.25, 0.3) is 0 Å². The van der Waals surface area contributed by atoms with Crippen molar-refractivity contribution in [2.24, 2.45) is 5.73 Å². The van der Waals surface area contributed by atoms with Crippen LogP contribution in [-0.4, -0.2) is 49.5 Å². The molecule has 6 nitrogen and oxygen atoms in total. The SMILES string of the molecule is NC(=O)c1ccc(OCCCN2CCNC(=O)C2)cc1. The van der Waals surface area contributed by atoms with E-state index < -0.39 is 5.91 Å². The topological polar surface area (TPSA) is 84.7 Å². The van der Waals surface area contributed by atoms with Crippen LogP contribution in [0.4, 0.5) is 0 Å². The minimum absolute atomic E-state index is 0.0826. The molecule has 6 heteroatoms. The van der Waals surface area contributed by atoms with Crippen LogP contribution in [0.3, 0.4) is 0 Å². The predicted molar refractivity (Wildman–Crippen MR) is 74.5 cm³/mol. The first-order valence-corrected chi connectivity index (χ1v) is 6.67. The van der Waals surface area contributed by atoms with Gasteiger partial charge in [0, 0.05) is 25.2 Å². The molecule has 0 aliphatic carbocycles. The van der Waals surface area contributed by atoms with Crippen LogP contribution in [0.2, 0.25) is 0 Å². The molecule has 1 heterocycles. The highest BCUT2D eigenvalue weighted by molar-refractivity contribution is 5.92. The molecule has 0 aromatic heterocycles. The van der Waals surface area contributed by atoms with Gasteiger partial charge in [-0.3, -0.25) is 14.5 Å². The Balaban J connectivity index is 1.67. The van der Waals surface area contributed by atoms with E-state index in [0.717, 1.165) is 19.5 Å². The molecule has 1 aromatic rings. The lowest BCUT2D eigenvalue weighted by Gasteiger charge is -2.26. The number of nitrogens with zero attached hydrogens (tertiary/aromatic N) is 1. The summed E-state index contributed by atoms with van der Waals surface area (Å²) in [6.07, 6.45) is 0.852. The van der Waals surface area contributed by atoms with Gasteiger partial charge in [-0.1, -0.05) is 0 Å². The van der Waals surface area contributed by atoms with Crippen molar-refractivity contribution in [3.05, 3.63) is 29.8 Å². The number of carbonyl (C=O) groups is 2. The molecule has 1 aromatic carbocycles. The number of ether oxygens (including phenoxy) is 1. The van der Waals surface area contributed by atoms with Crippen molar-refractivity contribution in [2.45, 2.75) is 6.42 Å². The summed E-state index contributed by atoms with van der Waals surface area (Å²) in [6.45, 7) is 3.49. The van der Waals surface area contributed by atoms with E-state index >= 15 is 0 Å². The van der Waals surface area contributed by atoms with Crippen LogP contribution >= 0.6 is 0 Å². The van der Waals surface area contributed by atoms with Gasteiger partial charge in [-0.25, -0.2) is 0 Å². The Labute approximate surface area is 117 Å². The average Bonchev–Trinajstić information content (AvgIpc) is 2.44. The van der Waals surface area contributed by atoms with Crippen molar-refractivity contribution < 1.29 is 14.3 Å². The molecule has 0 spiro atoms. The number of hydrogen-bond acceptors (Lipinski definition) is 4. The Kier molecular flexibility index (Phi) is 4.95. The highest BCUT2D eigenvalue weighted by atomic mass is 16.5. The minimum atomic E-state index is -0.445. The summed E-state index contributed by atoms with van der Waals surface area (Å²) in [4.78, 5) is 24.2. The van der Waals surface area contributed by atoms with Crippen LogP contribution in [0.5, 0.6) is 5.75 Å². The lowest BCUT2D eigenvalue weighted by molar-refractivity contribution is -0.124. The number of hydrogen-bond donors (Lipinski definition) is 2. The van der Waals surface area contributed by atoms with E-state index in [-0.39, 0.29) is 5.91 Å². The average molecular weight is 277 g/mol. The summed E-state index contributed by atoms with van der Waals surface area (Å²) < 4.78 is 5.58. The van der Waals surface area contributed by atoms with Crippen LogP contribution in [0, 0.1) is 0 Å². The molecular weight excluding hydrogens is 258 g/mol. The standard InChI is InChI=1S/C14H19N3O3/c15-14(19)11-2-4-12(5-3-11)20-9-1-7-17-8-6-16-13(18)10-17/h2-5H,1,6-10H2,(H2,15,19)(H,16,18). The van der Waals surface area contributed by atoms with E-state index in [9.17, 15) is 9.59 Å². The van der Waals surface area contributed by atoms with Gasteiger partial charge >= 0.3 is 0 Å². The number of carbonyl (C=O) groups excluding carboxylic acids is 2. The number of nitrogens with two attached hydrogens (primary N) is 1. The summed E-state index contributed by atoms with van der Waals surface area (Å²) >= 11 is 0. The van der Waals surface area contributed by atoms with Crippen LogP contribution < -0.4 is 15.8 Å². The molecule has 0 saturated carbocycles. The third kappa shape index (κ3) is 4.24. The second-order valence-corrected chi connectivity index (χ2v) is 4.72. The summed E-state index contributed by atoms with van der Waals surface area (Å²) in [6, 6.07) is 6.75. The Hall–Kier alpha value is -2.08. The number of amides is 2. The quantitative estimate of drug-likeness (QED) is 0.716. The van der Waals surface area contributed by atoms with Gasteiger partial charge in [-0.2, -0.15) is 0 Å². The molecule has 0 atom stereocenters. The molecule has 2 rings (SSSR count). The van der Waals surface area contributed by atoms with Gasteiger partial charge in [0.2, 0.25) is 11.8 Å².